The van der Waals surface area contributed by atoms with Crippen molar-refractivity contribution in [3.63, 3.8) is 0 Å². The molecule has 1 aromatic heterocycles. The lowest BCUT2D eigenvalue weighted by Crippen LogP contribution is -2.48. The minimum atomic E-state index is -0.483. The van der Waals surface area contributed by atoms with Gasteiger partial charge >= 0.3 is 0 Å². The Morgan fingerprint density at radius 2 is 1.74 bits per heavy atom. The van der Waals surface area contributed by atoms with Gasteiger partial charge in [0.25, 0.3) is 11.6 Å². The van der Waals surface area contributed by atoms with E-state index in [4.69, 9.17) is 11.6 Å². The smallest absolute Gasteiger partial charge is 0.270 e. The first-order valence-corrected chi connectivity index (χ1v) is 12.6. The topological polar surface area (TPSA) is 84.5 Å². The van der Waals surface area contributed by atoms with E-state index in [1.165, 1.54) is 12.1 Å². The Labute approximate surface area is 225 Å². The summed E-state index contributed by atoms with van der Waals surface area (Å²) in [5, 5.41) is 11.7. The van der Waals surface area contributed by atoms with Gasteiger partial charge in [-0.2, -0.15) is 0 Å². The minimum Gasteiger partial charge on any atom is -0.368 e. The van der Waals surface area contributed by atoms with E-state index >= 15 is 0 Å². The Balaban J connectivity index is 1.18. The number of imidazole rings is 1. The van der Waals surface area contributed by atoms with Crippen LogP contribution >= 0.6 is 11.6 Å². The van der Waals surface area contributed by atoms with Gasteiger partial charge in [-0.1, -0.05) is 42.0 Å². The van der Waals surface area contributed by atoms with Crippen LogP contribution in [0.5, 0.6) is 0 Å². The number of benzene rings is 3. The van der Waals surface area contributed by atoms with E-state index in [1.807, 2.05) is 22.9 Å². The second-order valence-electron chi connectivity index (χ2n) is 9.14. The maximum absolute atomic E-state index is 12.8. The van der Waals surface area contributed by atoms with Gasteiger partial charge in [0.05, 0.1) is 11.3 Å². The molecule has 0 radical (unpaired) electrons. The van der Waals surface area contributed by atoms with Crippen LogP contribution in [0, 0.1) is 10.1 Å². The summed E-state index contributed by atoms with van der Waals surface area (Å²) < 4.78 is 2.00. The van der Waals surface area contributed by atoms with Crippen LogP contribution in [0.3, 0.4) is 0 Å². The Morgan fingerprint density at radius 1 is 0.974 bits per heavy atom. The largest absolute Gasteiger partial charge is 0.368 e. The lowest BCUT2D eigenvalue weighted by atomic mass is 10.1. The highest BCUT2D eigenvalue weighted by molar-refractivity contribution is 6.30. The first-order chi connectivity index (χ1) is 18.4. The zero-order valence-electron chi connectivity index (χ0n) is 20.6. The molecule has 3 aromatic carbocycles. The third-order valence-corrected chi connectivity index (χ3v) is 6.72. The van der Waals surface area contributed by atoms with Crippen LogP contribution in [0.4, 0.5) is 11.4 Å². The molecule has 1 aliphatic rings. The van der Waals surface area contributed by atoms with Crippen molar-refractivity contribution in [1.29, 1.82) is 0 Å². The van der Waals surface area contributed by atoms with Gasteiger partial charge in [0, 0.05) is 73.5 Å². The quantitative estimate of drug-likeness (QED) is 0.177. The van der Waals surface area contributed by atoms with E-state index in [0.717, 1.165) is 22.4 Å². The van der Waals surface area contributed by atoms with E-state index in [-0.39, 0.29) is 11.6 Å². The molecule has 0 unspecified atom stereocenters. The number of piperazine rings is 1. The third-order valence-electron chi connectivity index (χ3n) is 6.50. The summed E-state index contributed by atoms with van der Waals surface area (Å²) in [6.45, 7) is 3.20. The summed E-state index contributed by atoms with van der Waals surface area (Å²) in [6.07, 6.45) is 9.58. The van der Waals surface area contributed by atoms with Crippen LogP contribution < -0.4 is 4.90 Å². The zero-order valence-corrected chi connectivity index (χ0v) is 21.4. The average molecular weight is 528 g/mol. The molecule has 0 bridgehead atoms. The van der Waals surface area contributed by atoms with Gasteiger partial charge in [-0.25, -0.2) is 4.98 Å². The van der Waals surface area contributed by atoms with Crippen LogP contribution in [0.15, 0.2) is 85.5 Å². The molecular weight excluding hydrogens is 502 g/mol. The highest BCUT2D eigenvalue weighted by atomic mass is 35.5. The molecule has 5 rings (SSSR count). The van der Waals surface area contributed by atoms with Crippen molar-refractivity contribution < 1.29 is 9.72 Å². The van der Waals surface area contributed by atoms with Gasteiger partial charge in [0.1, 0.15) is 0 Å². The number of rotatable bonds is 7. The van der Waals surface area contributed by atoms with Crippen LogP contribution in [0.1, 0.15) is 27.0 Å². The summed E-state index contributed by atoms with van der Waals surface area (Å²) in [4.78, 5) is 31.5. The number of nitrogens with zero attached hydrogens (tertiary/aromatic N) is 5. The summed E-state index contributed by atoms with van der Waals surface area (Å²) in [6, 6.07) is 20.2. The fraction of sp³-hybridized carbons (Fsp3) is 0.172. The Morgan fingerprint density at radius 3 is 2.45 bits per heavy atom. The minimum absolute atomic E-state index is 0.0751. The number of carbonyl (C=O) groups is 1. The molecule has 0 aliphatic carbocycles. The number of nitro benzene ring substituents is 1. The Kier molecular flexibility index (Phi) is 7.51. The molecule has 0 atom stereocenters. The van der Waals surface area contributed by atoms with Crippen molar-refractivity contribution in [2.75, 3.05) is 31.1 Å². The van der Waals surface area contributed by atoms with Gasteiger partial charge in [-0.3, -0.25) is 14.9 Å². The number of nitro groups is 1. The number of anilines is 1. The number of hydrogen-bond acceptors (Lipinski definition) is 5. The Hall–Kier alpha value is -4.43. The SMILES string of the molecule is O=C(c1cccc([N+](=O)[O-])c1)N1CCN(c2ccc(C=Cc3cc(Cl)cc(Cn4ccnc4)c3)cc2)CC1. The maximum Gasteiger partial charge on any atom is 0.270 e. The average Bonchev–Trinajstić information content (AvgIpc) is 3.45. The molecule has 0 N–H and O–H groups in total. The number of carbonyl (C=O) groups excluding carboxylic acids is 1. The van der Waals surface area contributed by atoms with E-state index in [2.05, 4.69) is 52.4 Å². The summed E-state index contributed by atoms with van der Waals surface area (Å²) >= 11 is 6.35. The molecule has 9 heteroatoms. The van der Waals surface area contributed by atoms with Crippen molar-refractivity contribution >= 4 is 41.0 Å². The van der Waals surface area contributed by atoms with Gasteiger partial charge in [-0.15, -0.1) is 0 Å². The first kappa shape index (κ1) is 25.2. The molecule has 0 spiro atoms. The summed E-state index contributed by atoms with van der Waals surface area (Å²) in [5.74, 6) is -0.178. The fourth-order valence-electron chi connectivity index (χ4n) is 4.55. The van der Waals surface area contributed by atoms with E-state index in [1.54, 1.807) is 29.6 Å². The zero-order chi connectivity index (χ0) is 26.5. The molecular formula is C29H26ClN5O3. The maximum atomic E-state index is 12.8. The number of halogens is 1. The first-order valence-electron chi connectivity index (χ1n) is 12.3. The van der Waals surface area contributed by atoms with Crippen molar-refractivity contribution in [3.05, 3.63) is 123 Å². The van der Waals surface area contributed by atoms with E-state index in [9.17, 15) is 14.9 Å². The molecule has 1 amide bonds. The Bertz CT molecular complexity index is 1460. The molecule has 4 aromatic rings. The van der Waals surface area contributed by atoms with Crippen molar-refractivity contribution in [1.82, 2.24) is 14.5 Å². The van der Waals surface area contributed by atoms with Gasteiger partial charge < -0.3 is 14.4 Å². The number of hydrogen-bond donors (Lipinski definition) is 0. The molecule has 1 fully saturated rings. The van der Waals surface area contributed by atoms with E-state index < -0.39 is 4.92 Å². The monoisotopic (exact) mass is 527 g/mol. The third kappa shape index (κ3) is 6.10. The number of non-ortho nitro benzene ring substituents is 1. The highest BCUT2D eigenvalue weighted by Gasteiger charge is 2.23. The molecule has 192 valence electrons. The summed E-state index contributed by atoms with van der Waals surface area (Å²) in [7, 11) is 0. The van der Waals surface area contributed by atoms with Gasteiger partial charge in [0.15, 0.2) is 0 Å². The lowest BCUT2D eigenvalue weighted by molar-refractivity contribution is -0.384. The predicted molar refractivity (Wildman–Crippen MR) is 149 cm³/mol. The second-order valence-corrected chi connectivity index (χ2v) is 9.58. The molecule has 1 aliphatic heterocycles. The van der Waals surface area contributed by atoms with Crippen LogP contribution in [0.2, 0.25) is 5.02 Å². The van der Waals surface area contributed by atoms with Gasteiger partial charge in [-0.05, 0) is 53.1 Å². The lowest BCUT2D eigenvalue weighted by Gasteiger charge is -2.36. The fourth-order valence-corrected chi connectivity index (χ4v) is 4.81. The normalized spacial score (nSPS) is 13.7. The molecule has 1 saturated heterocycles. The van der Waals surface area contributed by atoms with Crippen molar-refractivity contribution in [3.8, 4) is 0 Å². The molecule has 8 nitrogen and oxygen atoms in total. The number of amides is 1. The van der Waals surface area contributed by atoms with Crippen LogP contribution in [-0.4, -0.2) is 51.5 Å². The standard InChI is InChI=1S/C29H26ClN5O3/c30-26-17-23(16-24(18-26)20-32-11-10-31-21-32)5-4-22-6-8-27(9-7-22)33-12-14-34(15-13-33)29(36)25-2-1-3-28(19-25)35(37)38/h1-11,16-19,21H,12-15,20H2. The number of aromatic nitrogens is 2. The molecule has 2 heterocycles. The molecule has 0 saturated carbocycles. The van der Waals surface area contributed by atoms with Crippen molar-refractivity contribution in [2.24, 2.45) is 0 Å². The predicted octanol–water partition coefficient (Wildman–Crippen LogP) is 5.63. The van der Waals surface area contributed by atoms with Crippen molar-refractivity contribution in [2.45, 2.75) is 6.54 Å². The summed E-state index contributed by atoms with van der Waals surface area (Å²) in [5.41, 5.74) is 4.57. The highest BCUT2D eigenvalue weighted by Crippen LogP contribution is 2.22. The van der Waals surface area contributed by atoms with Crippen LogP contribution in [0.25, 0.3) is 12.2 Å². The van der Waals surface area contributed by atoms with Crippen LogP contribution in [-0.2, 0) is 6.54 Å². The second kappa shape index (κ2) is 11.3. The van der Waals surface area contributed by atoms with E-state index in [0.29, 0.717) is 43.3 Å². The molecule has 38 heavy (non-hydrogen) atoms. The van der Waals surface area contributed by atoms with Gasteiger partial charge in [0.2, 0.25) is 0 Å².